The lowest BCUT2D eigenvalue weighted by molar-refractivity contribution is 0.560. The Morgan fingerprint density at radius 1 is 0.765 bits per heavy atom. The number of nitrogens with zero attached hydrogens (tertiary/aromatic N) is 1. The minimum absolute atomic E-state index is 0.243. The third kappa shape index (κ3) is 2.68. The smallest absolute Gasteiger partial charge is 0.0645 e. The molecule has 2 aromatic rings. The van der Waals surface area contributed by atoms with Crippen molar-refractivity contribution in [3.63, 3.8) is 0 Å². The topological polar surface area (TPSA) is 3.24 Å². The summed E-state index contributed by atoms with van der Waals surface area (Å²) in [5, 5.41) is 0. The van der Waals surface area contributed by atoms with Gasteiger partial charge < -0.3 is 4.90 Å². The molecule has 0 amide bonds. The third-order valence-electron chi connectivity index (χ3n) is 2.09. The van der Waals surface area contributed by atoms with Gasteiger partial charge in [-0.2, -0.15) is 0 Å². The Morgan fingerprint density at radius 2 is 1.12 bits per heavy atom. The summed E-state index contributed by atoms with van der Waals surface area (Å²) < 4.78 is 79.9. The Kier molecular flexibility index (Phi) is 1.22. The van der Waals surface area contributed by atoms with E-state index >= 15 is 0 Å². The molecule has 0 saturated heterocycles. The van der Waals surface area contributed by atoms with Crippen LogP contribution in [0.1, 0.15) is 34.5 Å². The predicted octanol–water partition coefficient (Wildman–Crippen LogP) is 4.62. The Labute approximate surface area is 118 Å². The Bertz CT molecular complexity index is 805. The first-order chi connectivity index (χ1) is 12.2. The highest BCUT2D eigenvalue weighted by Gasteiger charge is 2.22. The summed E-state index contributed by atoms with van der Waals surface area (Å²) in [5.74, 6) is 0. The predicted molar refractivity (Wildman–Crippen MR) is 74.8 cm³/mol. The number of rotatable bonds is 2. The van der Waals surface area contributed by atoms with Crippen molar-refractivity contribution < 1.29 is 13.7 Å². The van der Waals surface area contributed by atoms with Gasteiger partial charge in [-0.1, -0.05) is 36.3 Å². The van der Waals surface area contributed by atoms with Crippen molar-refractivity contribution in [2.75, 3.05) is 4.90 Å². The molecule has 0 heterocycles. The summed E-state index contributed by atoms with van der Waals surface area (Å²) in [5.41, 5.74) is -1.44. The maximum absolute atomic E-state index is 8.22. The molecule has 1 heteroatoms. The van der Waals surface area contributed by atoms with Gasteiger partial charge in [-0.3, -0.25) is 0 Å². The molecule has 17 heavy (non-hydrogen) atoms. The van der Waals surface area contributed by atoms with Crippen LogP contribution in [0.2, 0.25) is 0 Å². The van der Waals surface area contributed by atoms with Crippen LogP contribution in [0.5, 0.6) is 0 Å². The first kappa shape index (κ1) is 4.49. The minimum atomic E-state index is -0.956. The summed E-state index contributed by atoms with van der Waals surface area (Å²) in [6, 6.07) is -5.43. The van der Waals surface area contributed by atoms with Crippen molar-refractivity contribution in [1.82, 2.24) is 0 Å². The first-order valence-electron chi connectivity index (χ1n) is 10.2. The van der Waals surface area contributed by atoms with E-state index in [0.717, 1.165) is 0 Å². The van der Waals surface area contributed by atoms with Crippen LogP contribution >= 0.6 is 0 Å². The highest BCUT2D eigenvalue weighted by atomic mass is 15.2. The summed E-state index contributed by atoms with van der Waals surface area (Å²) >= 11 is 0. The largest absolute Gasteiger partial charge is 0.336 e. The number of hydrogen-bond donors (Lipinski definition) is 0. The number of hydrogen-bond acceptors (Lipinski definition) is 1. The average molecular weight is 235 g/mol. The van der Waals surface area contributed by atoms with E-state index < -0.39 is 66.0 Å². The van der Waals surface area contributed by atoms with Crippen molar-refractivity contribution in [3.8, 4) is 0 Å². The number of anilines is 2. The normalized spacial score (nSPS) is 19.5. The van der Waals surface area contributed by atoms with Gasteiger partial charge in [0.2, 0.25) is 0 Å². The first-order valence-corrected chi connectivity index (χ1v) is 5.17. The quantitative estimate of drug-likeness (QED) is 0.734. The molecule has 2 rings (SSSR count). The van der Waals surface area contributed by atoms with Gasteiger partial charge in [0.25, 0.3) is 0 Å². The molecule has 0 aliphatic carbocycles. The Hall–Kier alpha value is -1.76. The SMILES string of the molecule is [2H]c1c([2H])c([2H])c(N(c2c([2H])c([2H])c([2H])c([2H])c2[2H])C(C)(C)C)c([2H])c1[2H]. The maximum atomic E-state index is 8.22. The average Bonchev–Trinajstić information content (AvgIpc) is 2.59. The van der Waals surface area contributed by atoms with Crippen LogP contribution in [0.3, 0.4) is 0 Å². The molecule has 0 bridgehead atoms. The van der Waals surface area contributed by atoms with E-state index in [1.165, 1.54) is 4.90 Å². The highest BCUT2D eigenvalue weighted by Crippen LogP contribution is 2.32. The second-order valence-electron chi connectivity index (χ2n) is 4.45. The van der Waals surface area contributed by atoms with Crippen LogP contribution < -0.4 is 4.90 Å². The number of para-hydroxylation sites is 2. The number of benzene rings is 2. The molecule has 0 saturated carbocycles. The molecule has 0 aromatic heterocycles. The summed E-state index contributed by atoms with van der Waals surface area (Å²) in [6.07, 6.45) is 0. The molecule has 0 N–H and O–H groups in total. The fourth-order valence-corrected chi connectivity index (χ4v) is 1.49. The summed E-state index contributed by atoms with van der Waals surface area (Å²) in [7, 11) is 0. The van der Waals surface area contributed by atoms with Gasteiger partial charge >= 0.3 is 0 Å². The zero-order chi connectivity index (χ0) is 21.0. The van der Waals surface area contributed by atoms with Crippen LogP contribution in [0.4, 0.5) is 11.4 Å². The molecule has 2 aromatic carbocycles. The van der Waals surface area contributed by atoms with E-state index in [2.05, 4.69) is 0 Å². The summed E-state index contributed by atoms with van der Waals surface area (Å²) in [6.45, 7) is 4.98. The van der Waals surface area contributed by atoms with Gasteiger partial charge in [0.15, 0.2) is 0 Å². The van der Waals surface area contributed by atoms with Gasteiger partial charge in [0.1, 0.15) is 0 Å². The van der Waals surface area contributed by atoms with Crippen molar-refractivity contribution in [2.24, 2.45) is 0 Å². The van der Waals surface area contributed by atoms with Crippen LogP contribution in [0.15, 0.2) is 60.4 Å². The van der Waals surface area contributed by atoms with Crippen molar-refractivity contribution in [3.05, 3.63) is 60.4 Å². The molecular weight excluding hydrogens is 206 g/mol. The van der Waals surface area contributed by atoms with Gasteiger partial charge in [0.05, 0.1) is 13.7 Å². The van der Waals surface area contributed by atoms with Crippen molar-refractivity contribution >= 4 is 11.4 Å². The minimum Gasteiger partial charge on any atom is -0.336 e. The second kappa shape index (κ2) is 4.62. The third-order valence-corrected chi connectivity index (χ3v) is 2.09. The molecule has 0 fully saturated rings. The molecule has 0 radical (unpaired) electrons. The lowest BCUT2D eigenvalue weighted by Crippen LogP contribution is -2.37. The van der Waals surface area contributed by atoms with Gasteiger partial charge in [0, 0.05) is 16.9 Å². The molecule has 0 aliphatic rings. The molecule has 1 nitrogen and oxygen atoms in total. The van der Waals surface area contributed by atoms with Gasteiger partial charge in [-0.15, -0.1) is 0 Å². The lowest BCUT2D eigenvalue weighted by atomic mass is 10.0. The fraction of sp³-hybridized carbons (Fsp3) is 0.250. The van der Waals surface area contributed by atoms with Crippen molar-refractivity contribution in [2.45, 2.75) is 26.3 Å². The van der Waals surface area contributed by atoms with E-state index in [0.29, 0.717) is 0 Å². The van der Waals surface area contributed by atoms with Gasteiger partial charge in [-0.25, -0.2) is 0 Å². The molecule has 0 aliphatic heterocycles. The molecular formula is C16H19N. The van der Waals surface area contributed by atoms with Crippen LogP contribution in [0.25, 0.3) is 0 Å². The van der Waals surface area contributed by atoms with Crippen molar-refractivity contribution in [1.29, 1.82) is 0 Å². The lowest BCUT2D eigenvalue weighted by Gasteiger charge is -2.37. The second-order valence-corrected chi connectivity index (χ2v) is 4.45. The van der Waals surface area contributed by atoms with E-state index in [1.807, 2.05) is 0 Å². The van der Waals surface area contributed by atoms with E-state index in [9.17, 15) is 0 Å². The Balaban J connectivity index is 3.04. The van der Waals surface area contributed by atoms with Crippen LogP contribution in [-0.4, -0.2) is 5.54 Å². The maximum Gasteiger partial charge on any atom is 0.0645 e. The monoisotopic (exact) mass is 235 g/mol. The van der Waals surface area contributed by atoms with Gasteiger partial charge in [-0.05, 0) is 44.9 Å². The van der Waals surface area contributed by atoms with E-state index in [4.69, 9.17) is 13.7 Å². The van der Waals surface area contributed by atoms with E-state index in [1.54, 1.807) is 20.8 Å². The Morgan fingerprint density at radius 3 is 1.41 bits per heavy atom. The standard InChI is InChI=1S/C16H19N/c1-16(2,3)17(14-10-6-4-7-11-14)15-12-8-5-9-13-15/h4-13H,1-3H3/i4D,5D,6D,7D,8D,9D,10D,11D,12D,13D. The van der Waals surface area contributed by atoms with E-state index in [-0.39, 0.29) is 11.4 Å². The molecule has 0 spiro atoms. The molecule has 0 unspecified atom stereocenters. The van der Waals surface area contributed by atoms with Crippen LogP contribution in [-0.2, 0) is 0 Å². The summed E-state index contributed by atoms with van der Waals surface area (Å²) in [4.78, 5) is 1.22. The zero-order valence-corrected chi connectivity index (χ0v) is 9.95. The fourth-order valence-electron chi connectivity index (χ4n) is 1.49. The zero-order valence-electron chi connectivity index (χ0n) is 19.9. The highest BCUT2D eigenvalue weighted by molar-refractivity contribution is 5.65. The molecule has 0 atom stereocenters. The molecule has 88 valence electrons. The van der Waals surface area contributed by atoms with Crippen LogP contribution in [0, 0.1) is 0 Å².